The summed E-state index contributed by atoms with van der Waals surface area (Å²) in [5.74, 6) is 0. The zero-order chi connectivity index (χ0) is 17.3. The normalized spacial score (nSPS) is 18.8. The van der Waals surface area contributed by atoms with Crippen LogP contribution in [0.4, 0.5) is 4.79 Å². The number of carbonyl (C=O) groups excluding carboxylic acids is 1. The highest BCUT2D eigenvalue weighted by Gasteiger charge is 2.28. The fourth-order valence-corrected chi connectivity index (χ4v) is 2.81. The Balaban J connectivity index is 1.67. The minimum atomic E-state index is -0.504. The van der Waals surface area contributed by atoms with Gasteiger partial charge in [-0.2, -0.15) is 0 Å². The molecule has 0 aliphatic carbocycles. The Bertz CT molecular complexity index is 740. The molecule has 8 heteroatoms. The first-order valence-electron chi connectivity index (χ1n) is 7.89. The Morgan fingerprint density at radius 2 is 2.25 bits per heavy atom. The number of hydrogen-bond donors (Lipinski definition) is 0. The topological polar surface area (TPSA) is 69.5 Å². The molecule has 2 aromatic heterocycles. The lowest BCUT2D eigenvalue weighted by Crippen LogP contribution is -2.48. The van der Waals surface area contributed by atoms with Gasteiger partial charge in [-0.1, -0.05) is 11.6 Å². The van der Waals surface area contributed by atoms with E-state index in [4.69, 9.17) is 21.1 Å². The molecule has 1 amide bonds. The van der Waals surface area contributed by atoms with E-state index in [2.05, 4.69) is 10.2 Å². The maximum atomic E-state index is 12.2. The first-order chi connectivity index (χ1) is 11.3. The molecule has 0 N–H and O–H groups in total. The molecule has 1 saturated heterocycles. The number of fused-ring (bicyclic) bond motifs is 1. The molecular formula is C16H21ClN4O3. The second-order valence-electron chi connectivity index (χ2n) is 6.83. The number of morpholine rings is 1. The van der Waals surface area contributed by atoms with Crippen LogP contribution < -0.4 is 0 Å². The summed E-state index contributed by atoms with van der Waals surface area (Å²) < 4.78 is 13.2. The first kappa shape index (κ1) is 17.0. The van der Waals surface area contributed by atoms with E-state index in [1.807, 2.05) is 37.6 Å². The lowest BCUT2D eigenvalue weighted by molar-refractivity contribution is -0.0469. The highest BCUT2D eigenvalue weighted by atomic mass is 35.5. The predicted molar refractivity (Wildman–Crippen MR) is 90.1 cm³/mol. The van der Waals surface area contributed by atoms with Crippen molar-refractivity contribution in [3.05, 3.63) is 23.5 Å². The van der Waals surface area contributed by atoms with Gasteiger partial charge in [0.25, 0.3) is 0 Å². The molecule has 0 aromatic carbocycles. The van der Waals surface area contributed by atoms with Crippen molar-refractivity contribution in [2.75, 3.05) is 19.7 Å². The summed E-state index contributed by atoms with van der Waals surface area (Å²) in [4.78, 5) is 13.9. The lowest BCUT2D eigenvalue weighted by Gasteiger charge is -2.34. The van der Waals surface area contributed by atoms with Crippen LogP contribution in [-0.2, 0) is 16.0 Å². The van der Waals surface area contributed by atoms with Gasteiger partial charge in [-0.15, -0.1) is 10.2 Å². The van der Waals surface area contributed by atoms with Crippen molar-refractivity contribution >= 4 is 28.7 Å². The molecule has 2 aromatic rings. The average Bonchev–Trinajstić information content (AvgIpc) is 2.88. The summed E-state index contributed by atoms with van der Waals surface area (Å²) >= 11 is 5.86. The lowest BCUT2D eigenvalue weighted by atomic mass is 10.2. The number of hydrogen-bond acceptors (Lipinski definition) is 5. The third-order valence-electron chi connectivity index (χ3n) is 3.67. The molecule has 0 bridgehead atoms. The van der Waals surface area contributed by atoms with Crippen molar-refractivity contribution in [2.24, 2.45) is 0 Å². The second kappa shape index (κ2) is 6.57. The standard InChI is InChI=1S/C16H21ClN4O3/c1-16(2,3)24-15(22)21-6-7-23-12(10-21)9-20-5-4-11-8-13(17)18-19-14(11)20/h4-5,8,12H,6-7,9-10H2,1-3H3. The molecule has 1 fully saturated rings. The molecule has 0 radical (unpaired) electrons. The maximum absolute atomic E-state index is 12.2. The van der Waals surface area contributed by atoms with Crippen LogP contribution in [0, 0.1) is 0 Å². The quantitative estimate of drug-likeness (QED) is 0.831. The van der Waals surface area contributed by atoms with Gasteiger partial charge in [0.15, 0.2) is 10.8 Å². The fourth-order valence-electron chi connectivity index (χ4n) is 2.65. The van der Waals surface area contributed by atoms with E-state index in [0.29, 0.717) is 31.4 Å². The van der Waals surface area contributed by atoms with E-state index in [-0.39, 0.29) is 12.2 Å². The van der Waals surface area contributed by atoms with Gasteiger partial charge in [0, 0.05) is 18.1 Å². The number of rotatable bonds is 2. The van der Waals surface area contributed by atoms with Crippen LogP contribution in [0.25, 0.3) is 11.0 Å². The van der Waals surface area contributed by atoms with E-state index >= 15 is 0 Å². The molecule has 0 spiro atoms. The number of nitrogens with zero attached hydrogens (tertiary/aromatic N) is 4. The zero-order valence-corrected chi connectivity index (χ0v) is 14.8. The van der Waals surface area contributed by atoms with Crippen molar-refractivity contribution in [3.8, 4) is 0 Å². The van der Waals surface area contributed by atoms with Crippen molar-refractivity contribution in [2.45, 2.75) is 39.0 Å². The molecule has 1 aliphatic heterocycles. The minimum Gasteiger partial charge on any atom is -0.444 e. The summed E-state index contributed by atoms with van der Waals surface area (Å²) in [6, 6.07) is 3.71. The first-order valence-corrected chi connectivity index (χ1v) is 8.27. The van der Waals surface area contributed by atoms with Gasteiger partial charge < -0.3 is 18.9 Å². The molecule has 24 heavy (non-hydrogen) atoms. The van der Waals surface area contributed by atoms with Crippen LogP contribution in [0.2, 0.25) is 5.15 Å². The largest absolute Gasteiger partial charge is 0.444 e. The van der Waals surface area contributed by atoms with E-state index in [1.54, 1.807) is 11.0 Å². The predicted octanol–water partition coefficient (Wildman–Crippen LogP) is 2.72. The van der Waals surface area contributed by atoms with Gasteiger partial charge in [-0.05, 0) is 32.9 Å². The van der Waals surface area contributed by atoms with Gasteiger partial charge in [-0.3, -0.25) is 0 Å². The van der Waals surface area contributed by atoms with Gasteiger partial charge in [0.05, 0.1) is 25.8 Å². The van der Waals surface area contributed by atoms with Crippen LogP contribution in [0.3, 0.4) is 0 Å². The van der Waals surface area contributed by atoms with Crippen LogP contribution in [0.5, 0.6) is 0 Å². The Kier molecular flexibility index (Phi) is 4.64. The van der Waals surface area contributed by atoms with Crippen LogP contribution >= 0.6 is 11.6 Å². The van der Waals surface area contributed by atoms with Crippen LogP contribution in [0.15, 0.2) is 18.3 Å². The number of aromatic nitrogens is 3. The molecule has 1 aliphatic rings. The molecular weight excluding hydrogens is 332 g/mol. The monoisotopic (exact) mass is 352 g/mol. The molecule has 1 unspecified atom stereocenters. The average molecular weight is 353 g/mol. The van der Waals surface area contributed by atoms with Crippen molar-refractivity contribution < 1.29 is 14.3 Å². The summed E-state index contributed by atoms with van der Waals surface area (Å²) in [6.07, 6.45) is 1.49. The summed E-state index contributed by atoms with van der Waals surface area (Å²) in [5.41, 5.74) is 0.244. The summed E-state index contributed by atoms with van der Waals surface area (Å²) in [6.45, 7) is 7.67. The minimum absolute atomic E-state index is 0.126. The summed E-state index contributed by atoms with van der Waals surface area (Å²) in [5, 5.41) is 9.31. The fraction of sp³-hybridized carbons (Fsp3) is 0.562. The van der Waals surface area contributed by atoms with Crippen molar-refractivity contribution in [1.82, 2.24) is 19.7 Å². The Labute approximate surface area is 145 Å². The van der Waals surface area contributed by atoms with E-state index in [1.165, 1.54) is 0 Å². The van der Waals surface area contributed by atoms with Gasteiger partial charge in [0.2, 0.25) is 0 Å². The smallest absolute Gasteiger partial charge is 0.410 e. The maximum Gasteiger partial charge on any atom is 0.410 e. The van der Waals surface area contributed by atoms with Crippen LogP contribution in [0.1, 0.15) is 20.8 Å². The number of halogens is 1. The van der Waals surface area contributed by atoms with Crippen LogP contribution in [-0.4, -0.2) is 57.2 Å². The molecule has 3 rings (SSSR count). The van der Waals surface area contributed by atoms with Crippen molar-refractivity contribution in [3.63, 3.8) is 0 Å². The molecule has 130 valence electrons. The van der Waals surface area contributed by atoms with Gasteiger partial charge >= 0.3 is 6.09 Å². The molecule has 0 saturated carbocycles. The van der Waals surface area contributed by atoms with Gasteiger partial charge in [0.1, 0.15) is 5.60 Å². The van der Waals surface area contributed by atoms with E-state index < -0.39 is 5.60 Å². The van der Waals surface area contributed by atoms with E-state index in [0.717, 1.165) is 11.0 Å². The number of amides is 1. The van der Waals surface area contributed by atoms with Crippen molar-refractivity contribution in [1.29, 1.82) is 0 Å². The Hall–Kier alpha value is -1.86. The van der Waals surface area contributed by atoms with Gasteiger partial charge in [-0.25, -0.2) is 4.79 Å². The third-order valence-corrected chi connectivity index (χ3v) is 3.85. The molecule has 3 heterocycles. The highest BCUT2D eigenvalue weighted by molar-refractivity contribution is 6.29. The SMILES string of the molecule is CC(C)(C)OC(=O)N1CCOC(Cn2ccc3cc(Cl)nnc32)C1. The third kappa shape index (κ3) is 3.96. The van der Waals surface area contributed by atoms with E-state index in [9.17, 15) is 4.79 Å². The molecule has 1 atom stereocenters. The summed E-state index contributed by atoms with van der Waals surface area (Å²) in [7, 11) is 0. The Morgan fingerprint density at radius 1 is 1.46 bits per heavy atom. The highest BCUT2D eigenvalue weighted by Crippen LogP contribution is 2.18. The Morgan fingerprint density at radius 3 is 3.00 bits per heavy atom. The second-order valence-corrected chi connectivity index (χ2v) is 7.22. The zero-order valence-electron chi connectivity index (χ0n) is 14.0. The number of ether oxygens (including phenoxy) is 2. The molecule has 7 nitrogen and oxygen atoms in total. The number of carbonyl (C=O) groups is 1.